The van der Waals surface area contributed by atoms with Gasteiger partial charge in [-0.3, -0.25) is 0 Å². The Morgan fingerprint density at radius 3 is 2.73 bits per heavy atom. The normalized spacial score (nSPS) is 14.4. The van der Waals surface area contributed by atoms with Crippen molar-refractivity contribution < 1.29 is 9.13 Å². The van der Waals surface area contributed by atoms with Crippen LogP contribution in [0.2, 0.25) is 0 Å². The van der Waals surface area contributed by atoms with Gasteiger partial charge in [-0.05, 0) is 49.9 Å². The van der Waals surface area contributed by atoms with Crippen molar-refractivity contribution in [2.75, 3.05) is 23.3 Å². The molecule has 0 amide bonds. The van der Waals surface area contributed by atoms with Crippen molar-refractivity contribution in [3.63, 3.8) is 0 Å². The Labute approximate surface area is 212 Å². The molecule has 0 spiro atoms. The van der Waals surface area contributed by atoms with Crippen LogP contribution >= 0.6 is 0 Å². The third kappa shape index (κ3) is 4.37. The van der Waals surface area contributed by atoms with Crippen molar-refractivity contribution in [1.82, 2.24) is 34.9 Å². The van der Waals surface area contributed by atoms with Crippen molar-refractivity contribution in [2.45, 2.75) is 26.7 Å². The summed E-state index contributed by atoms with van der Waals surface area (Å²) >= 11 is 0. The van der Waals surface area contributed by atoms with Gasteiger partial charge < -0.3 is 15.0 Å². The molecule has 0 aliphatic carbocycles. The number of halogens is 1. The van der Waals surface area contributed by atoms with Crippen LogP contribution in [0.3, 0.4) is 0 Å². The van der Waals surface area contributed by atoms with Crippen LogP contribution in [0, 0.1) is 18.7 Å². The minimum absolute atomic E-state index is 0.265. The zero-order chi connectivity index (χ0) is 25.5. The topological polar surface area (TPSA) is 107 Å². The number of nitrogens with one attached hydrogen (secondary N) is 1. The van der Waals surface area contributed by atoms with Gasteiger partial charge in [0.05, 0.1) is 17.4 Å². The molecular formula is C26H26FN9O. The highest BCUT2D eigenvalue weighted by Crippen LogP contribution is 2.33. The van der Waals surface area contributed by atoms with Gasteiger partial charge in [0.25, 0.3) is 0 Å². The van der Waals surface area contributed by atoms with Gasteiger partial charge in [-0.15, -0.1) is 5.10 Å². The summed E-state index contributed by atoms with van der Waals surface area (Å²) in [5.74, 6) is 2.27. The number of hydrogen-bond acceptors (Lipinski definition) is 9. The Bertz CT molecular complexity index is 1610. The highest BCUT2D eigenvalue weighted by atomic mass is 19.1. The van der Waals surface area contributed by atoms with E-state index in [1.807, 2.05) is 19.2 Å². The molecule has 0 bridgehead atoms. The number of hydrogen-bond donors (Lipinski definition) is 1. The predicted molar refractivity (Wildman–Crippen MR) is 139 cm³/mol. The first kappa shape index (κ1) is 23.0. The maximum atomic E-state index is 15.5. The van der Waals surface area contributed by atoms with Gasteiger partial charge in [0.15, 0.2) is 11.6 Å². The van der Waals surface area contributed by atoms with Crippen molar-refractivity contribution in [1.29, 1.82) is 0 Å². The van der Waals surface area contributed by atoms with E-state index in [-0.39, 0.29) is 5.69 Å². The van der Waals surface area contributed by atoms with Crippen LogP contribution in [-0.4, -0.2) is 48.0 Å². The number of ether oxygens (including phenoxy) is 1. The fourth-order valence-corrected chi connectivity index (χ4v) is 4.51. The van der Waals surface area contributed by atoms with Crippen molar-refractivity contribution in [2.24, 2.45) is 13.0 Å². The summed E-state index contributed by atoms with van der Waals surface area (Å²) in [7, 11) is 1.82. The standard InChI is InChI=1S/C26H26FN9O/c1-15-8-10-36(11-9-15)26-28-13-20-24(32-26)25(30-14-29-20)31-18-5-7-22(16(2)23(18)27)37-17-4-6-21-19(12-17)33-34-35(21)3/h4-7,12-15H,8-11H2,1-3H3,(H,29,30,31). The minimum atomic E-state index is -0.441. The average Bonchev–Trinajstić information content (AvgIpc) is 3.28. The van der Waals surface area contributed by atoms with E-state index in [9.17, 15) is 0 Å². The molecule has 1 N–H and O–H groups in total. The van der Waals surface area contributed by atoms with Crippen LogP contribution in [0.5, 0.6) is 11.5 Å². The van der Waals surface area contributed by atoms with Gasteiger partial charge >= 0.3 is 0 Å². The fraction of sp³-hybridized carbons (Fsp3) is 0.308. The third-order valence-corrected chi connectivity index (χ3v) is 6.83. The third-order valence-electron chi connectivity index (χ3n) is 6.83. The quantitative estimate of drug-likeness (QED) is 0.360. The number of rotatable bonds is 5. The molecule has 2 aromatic carbocycles. The molecule has 0 radical (unpaired) electrons. The molecule has 6 rings (SSSR count). The van der Waals surface area contributed by atoms with Gasteiger partial charge in [-0.25, -0.2) is 29.0 Å². The minimum Gasteiger partial charge on any atom is -0.457 e. The second-order valence-corrected chi connectivity index (χ2v) is 9.44. The molecule has 1 saturated heterocycles. The van der Waals surface area contributed by atoms with Crippen LogP contribution in [0.1, 0.15) is 25.3 Å². The molecule has 188 valence electrons. The summed E-state index contributed by atoms with van der Waals surface area (Å²) in [4.78, 5) is 20.1. The first-order valence-electron chi connectivity index (χ1n) is 12.2. The molecule has 1 fully saturated rings. The Balaban J connectivity index is 1.27. The Morgan fingerprint density at radius 2 is 1.89 bits per heavy atom. The van der Waals surface area contributed by atoms with E-state index in [2.05, 4.69) is 42.4 Å². The van der Waals surface area contributed by atoms with Crippen LogP contribution in [-0.2, 0) is 7.05 Å². The summed E-state index contributed by atoms with van der Waals surface area (Å²) in [5, 5.41) is 11.2. The molecule has 10 nitrogen and oxygen atoms in total. The molecule has 37 heavy (non-hydrogen) atoms. The van der Waals surface area contributed by atoms with Crippen molar-refractivity contribution in [3.05, 3.63) is 54.2 Å². The smallest absolute Gasteiger partial charge is 0.226 e. The van der Waals surface area contributed by atoms with Crippen LogP contribution < -0.4 is 15.0 Å². The average molecular weight is 500 g/mol. The van der Waals surface area contributed by atoms with E-state index in [0.29, 0.717) is 51.3 Å². The van der Waals surface area contributed by atoms with E-state index < -0.39 is 5.82 Å². The first-order valence-corrected chi connectivity index (χ1v) is 12.2. The highest BCUT2D eigenvalue weighted by molar-refractivity contribution is 5.87. The van der Waals surface area contributed by atoms with E-state index in [1.54, 1.807) is 36.0 Å². The summed E-state index contributed by atoms with van der Waals surface area (Å²) < 4.78 is 23.1. The largest absolute Gasteiger partial charge is 0.457 e. The maximum Gasteiger partial charge on any atom is 0.226 e. The fourth-order valence-electron chi connectivity index (χ4n) is 4.51. The summed E-state index contributed by atoms with van der Waals surface area (Å²) in [6, 6.07) is 8.80. The number of aryl methyl sites for hydroxylation is 1. The number of nitrogens with zero attached hydrogens (tertiary/aromatic N) is 8. The Hall–Kier alpha value is -4.41. The van der Waals surface area contributed by atoms with Crippen LogP contribution in [0.25, 0.3) is 22.1 Å². The van der Waals surface area contributed by atoms with Crippen molar-refractivity contribution >= 4 is 39.5 Å². The molecular weight excluding hydrogens is 473 g/mol. The molecule has 4 heterocycles. The lowest BCUT2D eigenvalue weighted by Crippen LogP contribution is -2.34. The second-order valence-electron chi connectivity index (χ2n) is 9.44. The number of benzene rings is 2. The number of aromatic nitrogens is 7. The van der Waals surface area contributed by atoms with Crippen LogP contribution in [0.15, 0.2) is 42.9 Å². The molecule has 0 atom stereocenters. The van der Waals surface area contributed by atoms with Gasteiger partial charge in [0.2, 0.25) is 5.95 Å². The Morgan fingerprint density at radius 1 is 1.05 bits per heavy atom. The second kappa shape index (κ2) is 9.23. The van der Waals surface area contributed by atoms with E-state index in [0.717, 1.165) is 31.4 Å². The van der Waals surface area contributed by atoms with E-state index in [1.165, 1.54) is 6.33 Å². The monoisotopic (exact) mass is 499 g/mol. The molecule has 3 aromatic heterocycles. The van der Waals surface area contributed by atoms with E-state index >= 15 is 4.39 Å². The zero-order valence-electron chi connectivity index (χ0n) is 20.8. The lowest BCUT2D eigenvalue weighted by Gasteiger charge is -2.30. The molecule has 0 saturated carbocycles. The van der Waals surface area contributed by atoms with Gasteiger partial charge in [0.1, 0.15) is 34.4 Å². The number of anilines is 3. The highest BCUT2D eigenvalue weighted by Gasteiger charge is 2.20. The van der Waals surface area contributed by atoms with Crippen LogP contribution in [0.4, 0.5) is 21.8 Å². The summed E-state index contributed by atoms with van der Waals surface area (Å²) in [6.45, 7) is 5.74. The first-order chi connectivity index (χ1) is 18.0. The molecule has 5 aromatic rings. The van der Waals surface area contributed by atoms with Crippen molar-refractivity contribution in [3.8, 4) is 11.5 Å². The van der Waals surface area contributed by atoms with Gasteiger partial charge in [-0.1, -0.05) is 12.1 Å². The maximum absolute atomic E-state index is 15.5. The molecule has 0 unspecified atom stereocenters. The summed E-state index contributed by atoms with van der Waals surface area (Å²) in [6.07, 6.45) is 5.31. The predicted octanol–water partition coefficient (Wildman–Crippen LogP) is 4.92. The summed E-state index contributed by atoms with van der Waals surface area (Å²) in [5.41, 5.74) is 3.34. The Kier molecular flexibility index (Phi) is 5.74. The molecule has 1 aliphatic heterocycles. The molecule has 11 heteroatoms. The molecule has 1 aliphatic rings. The number of fused-ring (bicyclic) bond motifs is 2. The number of piperidine rings is 1. The lowest BCUT2D eigenvalue weighted by atomic mass is 10.00. The van der Waals surface area contributed by atoms with E-state index in [4.69, 9.17) is 9.72 Å². The SMILES string of the molecule is Cc1c(Oc2ccc3c(c2)nnn3C)ccc(Nc2ncnc3cnc(N4CCC(C)CC4)nc23)c1F. The van der Waals surface area contributed by atoms with Gasteiger partial charge in [0, 0.05) is 31.8 Å². The lowest BCUT2D eigenvalue weighted by molar-refractivity contribution is 0.434. The van der Waals surface area contributed by atoms with Gasteiger partial charge in [-0.2, -0.15) is 0 Å². The zero-order valence-corrected chi connectivity index (χ0v) is 20.8.